The summed E-state index contributed by atoms with van der Waals surface area (Å²) >= 11 is 0. The van der Waals surface area contributed by atoms with Gasteiger partial charge in [-0.2, -0.15) is 0 Å². The lowest BCUT2D eigenvalue weighted by Crippen LogP contribution is -2.18. The molecule has 1 aromatic carbocycles. The molecule has 0 radical (unpaired) electrons. The van der Waals surface area contributed by atoms with E-state index in [1.165, 1.54) is 12.1 Å². The van der Waals surface area contributed by atoms with E-state index < -0.39 is 6.36 Å². The first-order chi connectivity index (χ1) is 7.98. The van der Waals surface area contributed by atoms with Crippen LogP contribution in [-0.2, 0) is 0 Å². The van der Waals surface area contributed by atoms with Crippen molar-refractivity contribution in [3.8, 4) is 5.75 Å². The SMILES string of the molecule is CNc1cc(OC(F)(F)F)cc(C2CCC2)c1.Cl. The van der Waals surface area contributed by atoms with Crippen LogP contribution in [0.1, 0.15) is 30.7 Å². The van der Waals surface area contributed by atoms with E-state index in [1.807, 2.05) is 6.07 Å². The van der Waals surface area contributed by atoms with E-state index in [1.54, 1.807) is 7.05 Å². The third-order valence-electron chi connectivity index (χ3n) is 3.03. The van der Waals surface area contributed by atoms with Crippen molar-refractivity contribution in [2.45, 2.75) is 31.5 Å². The molecule has 0 heterocycles. The molecule has 1 N–H and O–H groups in total. The summed E-state index contributed by atoms with van der Waals surface area (Å²) in [6.07, 6.45) is -1.41. The van der Waals surface area contributed by atoms with Crippen molar-refractivity contribution >= 4 is 18.1 Å². The van der Waals surface area contributed by atoms with Crippen molar-refractivity contribution in [1.82, 2.24) is 0 Å². The van der Waals surface area contributed by atoms with Gasteiger partial charge in [0.1, 0.15) is 5.75 Å². The minimum atomic E-state index is -4.64. The number of hydrogen-bond donors (Lipinski definition) is 1. The molecule has 1 aliphatic rings. The average Bonchev–Trinajstić information content (AvgIpc) is 2.11. The van der Waals surface area contributed by atoms with Gasteiger partial charge < -0.3 is 10.1 Å². The molecule has 1 aromatic rings. The molecule has 6 heteroatoms. The minimum absolute atomic E-state index is 0. The number of rotatable bonds is 3. The van der Waals surface area contributed by atoms with E-state index in [0.29, 0.717) is 11.6 Å². The Morgan fingerprint density at radius 1 is 1.22 bits per heavy atom. The summed E-state index contributed by atoms with van der Waals surface area (Å²) in [5.74, 6) is 0.227. The Kier molecular flexibility index (Phi) is 4.73. The largest absolute Gasteiger partial charge is 0.573 e. The lowest BCUT2D eigenvalue weighted by Gasteiger charge is -2.26. The first-order valence-corrected chi connectivity index (χ1v) is 5.56. The number of anilines is 1. The highest BCUT2D eigenvalue weighted by Crippen LogP contribution is 2.39. The molecule has 1 fully saturated rings. The number of halogens is 4. The van der Waals surface area contributed by atoms with Crippen molar-refractivity contribution in [2.24, 2.45) is 0 Å². The van der Waals surface area contributed by atoms with Crippen LogP contribution < -0.4 is 10.1 Å². The molecule has 0 amide bonds. The van der Waals surface area contributed by atoms with Crippen molar-refractivity contribution in [2.75, 3.05) is 12.4 Å². The lowest BCUT2D eigenvalue weighted by atomic mass is 9.80. The first-order valence-electron chi connectivity index (χ1n) is 5.56. The van der Waals surface area contributed by atoms with Crippen molar-refractivity contribution in [3.05, 3.63) is 23.8 Å². The fourth-order valence-electron chi connectivity index (χ4n) is 1.94. The zero-order valence-electron chi connectivity index (χ0n) is 9.88. The van der Waals surface area contributed by atoms with Gasteiger partial charge in [-0.25, -0.2) is 0 Å². The molecule has 18 heavy (non-hydrogen) atoms. The maximum atomic E-state index is 12.2. The minimum Gasteiger partial charge on any atom is -0.406 e. The van der Waals surface area contributed by atoms with Crippen LogP contribution in [0.5, 0.6) is 5.75 Å². The van der Waals surface area contributed by atoms with Gasteiger partial charge in [0, 0.05) is 18.8 Å². The summed E-state index contributed by atoms with van der Waals surface area (Å²) in [6.45, 7) is 0. The van der Waals surface area contributed by atoms with Gasteiger partial charge in [0.2, 0.25) is 0 Å². The Bertz CT molecular complexity index is 405. The number of hydrogen-bond acceptors (Lipinski definition) is 2. The summed E-state index contributed by atoms with van der Waals surface area (Å²) in [5.41, 5.74) is 1.57. The highest BCUT2D eigenvalue weighted by molar-refractivity contribution is 5.85. The van der Waals surface area contributed by atoms with Crippen LogP contribution in [-0.4, -0.2) is 13.4 Å². The second-order valence-corrected chi connectivity index (χ2v) is 4.22. The Morgan fingerprint density at radius 2 is 1.89 bits per heavy atom. The summed E-state index contributed by atoms with van der Waals surface area (Å²) < 4.78 is 40.5. The number of ether oxygens (including phenoxy) is 1. The third-order valence-corrected chi connectivity index (χ3v) is 3.03. The van der Waals surface area contributed by atoms with E-state index in [9.17, 15) is 13.2 Å². The van der Waals surface area contributed by atoms with Gasteiger partial charge in [-0.3, -0.25) is 0 Å². The Labute approximate surface area is 110 Å². The molecule has 102 valence electrons. The fourth-order valence-corrected chi connectivity index (χ4v) is 1.94. The maximum absolute atomic E-state index is 12.2. The van der Waals surface area contributed by atoms with E-state index in [-0.39, 0.29) is 18.2 Å². The molecule has 1 aliphatic carbocycles. The van der Waals surface area contributed by atoms with Gasteiger partial charge in [-0.15, -0.1) is 25.6 Å². The maximum Gasteiger partial charge on any atom is 0.573 e. The van der Waals surface area contributed by atoms with Gasteiger partial charge in [-0.05, 0) is 36.5 Å². The van der Waals surface area contributed by atoms with Crippen LogP contribution in [0, 0.1) is 0 Å². The molecule has 2 rings (SSSR count). The molecule has 0 aromatic heterocycles. The van der Waals surface area contributed by atoms with Crippen LogP contribution in [0.3, 0.4) is 0 Å². The van der Waals surface area contributed by atoms with Crippen LogP contribution in [0.15, 0.2) is 18.2 Å². The normalized spacial score (nSPS) is 15.6. The highest BCUT2D eigenvalue weighted by Gasteiger charge is 2.31. The van der Waals surface area contributed by atoms with Crippen LogP contribution in [0.2, 0.25) is 0 Å². The predicted molar refractivity (Wildman–Crippen MR) is 66.5 cm³/mol. The van der Waals surface area contributed by atoms with Crippen molar-refractivity contribution in [1.29, 1.82) is 0 Å². The van der Waals surface area contributed by atoms with Crippen LogP contribution >= 0.6 is 12.4 Å². The molecular formula is C12H15ClF3NO. The molecule has 1 saturated carbocycles. The van der Waals surface area contributed by atoms with Gasteiger partial charge in [0.25, 0.3) is 0 Å². The smallest absolute Gasteiger partial charge is 0.406 e. The van der Waals surface area contributed by atoms with Gasteiger partial charge in [-0.1, -0.05) is 6.42 Å². The number of benzene rings is 1. The summed E-state index contributed by atoms with van der Waals surface area (Å²) in [6, 6.07) is 4.72. The van der Waals surface area contributed by atoms with E-state index >= 15 is 0 Å². The number of alkyl halides is 3. The first kappa shape index (κ1) is 15.0. The molecule has 2 nitrogen and oxygen atoms in total. The summed E-state index contributed by atoms with van der Waals surface area (Å²) in [7, 11) is 1.68. The molecule has 0 spiro atoms. The topological polar surface area (TPSA) is 21.3 Å². The summed E-state index contributed by atoms with van der Waals surface area (Å²) in [4.78, 5) is 0. The summed E-state index contributed by atoms with van der Waals surface area (Å²) in [5, 5.41) is 2.85. The van der Waals surface area contributed by atoms with Gasteiger partial charge in [0.05, 0.1) is 0 Å². The molecule has 0 aliphatic heterocycles. The average molecular weight is 282 g/mol. The van der Waals surface area contributed by atoms with E-state index in [4.69, 9.17) is 0 Å². The zero-order valence-corrected chi connectivity index (χ0v) is 10.7. The highest BCUT2D eigenvalue weighted by atomic mass is 35.5. The molecule has 0 saturated heterocycles. The predicted octanol–water partition coefficient (Wildman–Crippen LogP) is 4.32. The third kappa shape index (κ3) is 3.70. The van der Waals surface area contributed by atoms with Crippen molar-refractivity contribution in [3.63, 3.8) is 0 Å². The Balaban J connectivity index is 0.00000162. The Morgan fingerprint density at radius 3 is 2.33 bits per heavy atom. The molecule has 0 atom stereocenters. The fraction of sp³-hybridized carbons (Fsp3) is 0.500. The zero-order chi connectivity index (χ0) is 12.5. The Hall–Kier alpha value is -1.10. The lowest BCUT2D eigenvalue weighted by molar-refractivity contribution is -0.274. The standard InChI is InChI=1S/C12H14F3NO.ClH/c1-16-10-5-9(8-3-2-4-8)6-11(7-10)17-12(13,14)15;/h5-8,16H,2-4H2,1H3;1H. The molecular weight excluding hydrogens is 267 g/mol. The van der Waals surface area contributed by atoms with Crippen molar-refractivity contribution < 1.29 is 17.9 Å². The van der Waals surface area contributed by atoms with E-state index in [0.717, 1.165) is 24.8 Å². The van der Waals surface area contributed by atoms with Gasteiger partial charge >= 0.3 is 6.36 Å². The molecule has 0 bridgehead atoms. The van der Waals surface area contributed by atoms with E-state index in [2.05, 4.69) is 10.1 Å². The number of nitrogens with one attached hydrogen (secondary N) is 1. The molecule has 0 unspecified atom stereocenters. The second-order valence-electron chi connectivity index (χ2n) is 4.22. The second kappa shape index (κ2) is 5.69. The van der Waals surface area contributed by atoms with Gasteiger partial charge in [0.15, 0.2) is 0 Å². The monoisotopic (exact) mass is 281 g/mol. The van der Waals surface area contributed by atoms with Crippen LogP contribution in [0.25, 0.3) is 0 Å². The van der Waals surface area contributed by atoms with Crippen LogP contribution in [0.4, 0.5) is 18.9 Å². The quantitative estimate of drug-likeness (QED) is 0.891.